The van der Waals surface area contributed by atoms with Gasteiger partial charge in [0.15, 0.2) is 5.65 Å². The number of hydrogen-bond donors (Lipinski definition) is 1. The highest BCUT2D eigenvalue weighted by Crippen LogP contribution is 2.20. The number of rotatable bonds is 7. The molecule has 8 nitrogen and oxygen atoms in total. The van der Waals surface area contributed by atoms with Gasteiger partial charge in [-0.2, -0.15) is 0 Å². The number of pyridine rings is 1. The molecule has 1 aromatic carbocycles. The zero-order valence-electron chi connectivity index (χ0n) is 21.4. The zero-order valence-corrected chi connectivity index (χ0v) is 21.4. The van der Waals surface area contributed by atoms with Gasteiger partial charge in [-0.05, 0) is 74.6 Å². The third-order valence-corrected chi connectivity index (χ3v) is 7.10. The van der Waals surface area contributed by atoms with Crippen LogP contribution in [0.1, 0.15) is 46.2 Å². The van der Waals surface area contributed by atoms with Gasteiger partial charge < -0.3 is 14.8 Å². The highest BCUT2D eigenvalue weighted by atomic mass is 19.1. The van der Waals surface area contributed by atoms with Gasteiger partial charge in [-0.1, -0.05) is 19.1 Å². The molecule has 0 radical (unpaired) electrons. The van der Waals surface area contributed by atoms with Crippen LogP contribution in [0.4, 0.5) is 10.2 Å². The van der Waals surface area contributed by atoms with Crippen molar-refractivity contribution in [2.24, 2.45) is 0 Å². The first-order valence-electron chi connectivity index (χ1n) is 12.7. The number of halogens is 1. The molecule has 4 heterocycles. The van der Waals surface area contributed by atoms with Gasteiger partial charge in [0.05, 0.1) is 11.9 Å². The molecule has 0 unspecified atom stereocenters. The van der Waals surface area contributed by atoms with E-state index in [9.17, 15) is 14.0 Å². The topological polar surface area (TPSA) is 84.5 Å². The van der Waals surface area contributed by atoms with Crippen molar-refractivity contribution >= 4 is 17.4 Å². The summed E-state index contributed by atoms with van der Waals surface area (Å²) in [6.07, 6.45) is 3.80. The highest BCUT2D eigenvalue weighted by Gasteiger charge is 2.27. The summed E-state index contributed by atoms with van der Waals surface area (Å²) >= 11 is 0. The van der Waals surface area contributed by atoms with Crippen LogP contribution in [0, 0.1) is 19.7 Å². The Morgan fingerprint density at radius 3 is 2.70 bits per heavy atom. The van der Waals surface area contributed by atoms with Crippen LogP contribution < -0.4 is 15.8 Å². The van der Waals surface area contributed by atoms with Crippen LogP contribution in [0.2, 0.25) is 0 Å². The van der Waals surface area contributed by atoms with E-state index in [1.54, 1.807) is 29.0 Å². The molecule has 9 heteroatoms. The van der Waals surface area contributed by atoms with Crippen molar-refractivity contribution in [3.63, 3.8) is 0 Å². The number of fused-ring (bicyclic) bond motifs is 1. The molecule has 192 valence electrons. The number of hydrogen-bond acceptors (Lipinski definition) is 5. The number of aryl methyl sites for hydroxylation is 3. The third kappa shape index (κ3) is 4.98. The molecule has 0 bridgehead atoms. The van der Waals surface area contributed by atoms with Crippen molar-refractivity contribution in [3.8, 4) is 0 Å². The minimum absolute atomic E-state index is 0.0906. The van der Waals surface area contributed by atoms with E-state index in [0.29, 0.717) is 25.9 Å². The number of carbonyl (C=O) groups is 1. The van der Waals surface area contributed by atoms with Gasteiger partial charge in [-0.25, -0.2) is 13.9 Å². The van der Waals surface area contributed by atoms with E-state index in [2.05, 4.69) is 20.3 Å². The Morgan fingerprint density at radius 1 is 1.16 bits per heavy atom. The van der Waals surface area contributed by atoms with Crippen LogP contribution in [0.3, 0.4) is 0 Å². The molecule has 0 aliphatic carbocycles. The molecule has 1 fully saturated rings. The summed E-state index contributed by atoms with van der Waals surface area (Å²) in [4.78, 5) is 33.1. The average molecular weight is 503 g/mol. The summed E-state index contributed by atoms with van der Waals surface area (Å²) < 4.78 is 16.8. The Labute approximate surface area is 214 Å². The summed E-state index contributed by atoms with van der Waals surface area (Å²) in [5.41, 5.74) is 4.38. The number of nitrogens with one attached hydrogen (secondary N) is 1. The number of carbonyl (C=O) groups excluding carboxylic acids is 1. The monoisotopic (exact) mass is 502 g/mol. The normalized spacial score (nSPS) is 15.5. The number of nitrogens with zero attached hydrogens (tertiary/aromatic N) is 5. The molecule has 3 aromatic heterocycles. The van der Waals surface area contributed by atoms with Gasteiger partial charge >= 0.3 is 0 Å². The Balaban J connectivity index is 1.31. The molecular weight excluding hydrogens is 471 g/mol. The van der Waals surface area contributed by atoms with Crippen molar-refractivity contribution in [1.29, 1.82) is 0 Å². The summed E-state index contributed by atoms with van der Waals surface area (Å²) in [5, 5.41) is 7.76. The lowest BCUT2D eigenvalue weighted by Gasteiger charge is -2.19. The SMILES string of the molecule is CCc1c(C)cc(C(=O)N[C@H]2CCN(c3ccc4ncc(C)n4n3)C2)c(=O)n1CCc1ccc(F)cc1. The lowest BCUT2D eigenvalue weighted by Crippen LogP contribution is -2.41. The molecule has 5 rings (SSSR count). The van der Waals surface area contributed by atoms with Crippen LogP contribution >= 0.6 is 0 Å². The van der Waals surface area contributed by atoms with E-state index >= 15 is 0 Å². The Morgan fingerprint density at radius 2 is 1.95 bits per heavy atom. The predicted octanol–water partition coefficient (Wildman–Crippen LogP) is 3.46. The standard InChI is InChI=1S/C28H31FN6O2/c1-4-24-18(2)15-23(28(37)34(24)14-11-20-5-7-21(29)8-6-20)27(36)31-22-12-13-33(17-22)26-10-9-25-30-16-19(3)35(25)32-26/h5-10,15-16,22H,4,11-14,17H2,1-3H3,(H,31,36)/t22-/m0/s1. The molecule has 1 aliphatic heterocycles. The van der Waals surface area contributed by atoms with E-state index < -0.39 is 0 Å². The van der Waals surface area contributed by atoms with E-state index in [-0.39, 0.29) is 28.9 Å². The Hall–Kier alpha value is -4.01. The fourth-order valence-corrected chi connectivity index (χ4v) is 5.10. The fourth-order valence-electron chi connectivity index (χ4n) is 5.10. The first kappa shape index (κ1) is 24.7. The molecule has 1 atom stereocenters. The number of amides is 1. The maximum atomic E-state index is 13.4. The van der Waals surface area contributed by atoms with Crippen LogP contribution in [-0.2, 0) is 19.4 Å². The van der Waals surface area contributed by atoms with Crippen LogP contribution in [-0.4, -0.2) is 44.2 Å². The van der Waals surface area contributed by atoms with Gasteiger partial charge in [0.1, 0.15) is 17.2 Å². The second kappa shape index (κ2) is 10.2. The lowest BCUT2D eigenvalue weighted by atomic mass is 10.1. The first-order chi connectivity index (χ1) is 17.8. The summed E-state index contributed by atoms with van der Waals surface area (Å²) in [5.74, 6) is 0.187. The van der Waals surface area contributed by atoms with E-state index in [4.69, 9.17) is 0 Å². The van der Waals surface area contributed by atoms with Gasteiger partial charge in [0.25, 0.3) is 11.5 Å². The molecule has 1 N–H and O–H groups in total. The van der Waals surface area contributed by atoms with Crippen molar-refractivity contribution in [2.45, 2.75) is 52.6 Å². The second-order valence-electron chi connectivity index (χ2n) is 9.64. The lowest BCUT2D eigenvalue weighted by molar-refractivity contribution is 0.0938. The first-order valence-corrected chi connectivity index (χ1v) is 12.7. The minimum Gasteiger partial charge on any atom is -0.353 e. The third-order valence-electron chi connectivity index (χ3n) is 7.10. The fraction of sp³-hybridized carbons (Fsp3) is 0.357. The van der Waals surface area contributed by atoms with Crippen LogP contribution in [0.15, 0.2) is 53.5 Å². The van der Waals surface area contributed by atoms with Gasteiger partial charge in [-0.15, -0.1) is 5.10 Å². The molecule has 0 saturated carbocycles. The minimum atomic E-state index is -0.355. The van der Waals surface area contributed by atoms with Crippen molar-refractivity contribution < 1.29 is 9.18 Å². The number of benzene rings is 1. The van der Waals surface area contributed by atoms with Crippen LogP contribution in [0.5, 0.6) is 0 Å². The maximum absolute atomic E-state index is 13.4. The number of anilines is 1. The summed E-state index contributed by atoms with van der Waals surface area (Å²) in [6.45, 7) is 7.69. The summed E-state index contributed by atoms with van der Waals surface area (Å²) in [6, 6.07) is 11.8. The number of imidazole rings is 1. The molecule has 1 saturated heterocycles. The molecule has 1 amide bonds. The van der Waals surface area contributed by atoms with Crippen molar-refractivity contribution in [1.82, 2.24) is 24.5 Å². The molecule has 1 aliphatic rings. The van der Waals surface area contributed by atoms with Crippen LogP contribution in [0.25, 0.3) is 5.65 Å². The Kier molecular flexibility index (Phi) is 6.78. The van der Waals surface area contributed by atoms with Gasteiger partial charge in [0.2, 0.25) is 0 Å². The average Bonchev–Trinajstić information content (AvgIpc) is 3.51. The van der Waals surface area contributed by atoms with E-state index in [0.717, 1.165) is 46.9 Å². The highest BCUT2D eigenvalue weighted by molar-refractivity contribution is 5.94. The molecule has 37 heavy (non-hydrogen) atoms. The maximum Gasteiger partial charge on any atom is 0.263 e. The van der Waals surface area contributed by atoms with Gasteiger partial charge in [-0.3, -0.25) is 9.59 Å². The quantitative estimate of drug-likeness (QED) is 0.419. The second-order valence-corrected chi connectivity index (χ2v) is 9.64. The van der Waals surface area contributed by atoms with Crippen molar-refractivity contribution in [3.05, 3.63) is 92.9 Å². The number of aromatic nitrogens is 4. The molecule has 4 aromatic rings. The molecular formula is C28H31FN6O2. The predicted molar refractivity (Wildman–Crippen MR) is 141 cm³/mol. The van der Waals surface area contributed by atoms with Gasteiger partial charge in [0, 0.05) is 31.4 Å². The van der Waals surface area contributed by atoms with E-state index in [1.807, 2.05) is 37.4 Å². The van der Waals surface area contributed by atoms with E-state index in [1.165, 1.54) is 12.1 Å². The molecule has 0 spiro atoms. The summed E-state index contributed by atoms with van der Waals surface area (Å²) in [7, 11) is 0. The Bertz CT molecular complexity index is 1510. The zero-order chi connectivity index (χ0) is 26.1. The smallest absolute Gasteiger partial charge is 0.263 e. The van der Waals surface area contributed by atoms with Crippen molar-refractivity contribution in [2.75, 3.05) is 18.0 Å². The largest absolute Gasteiger partial charge is 0.353 e.